The summed E-state index contributed by atoms with van der Waals surface area (Å²) in [6, 6.07) is 1.30. The molecule has 4 N–H and O–H groups in total. The van der Waals surface area contributed by atoms with E-state index in [0.29, 0.717) is 12.1 Å². The number of sulfonamides is 1. The van der Waals surface area contributed by atoms with E-state index in [1.807, 2.05) is 0 Å². The molecular formula is C12H15F2N3O3S. The predicted molar refractivity (Wildman–Crippen MR) is 71.7 cm³/mol. The van der Waals surface area contributed by atoms with Gasteiger partial charge in [-0.2, -0.15) is 0 Å². The molecule has 1 saturated carbocycles. The molecule has 0 bridgehead atoms. The van der Waals surface area contributed by atoms with Crippen molar-refractivity contribution < 1.29 is 22.0 Å². The summed E-state index contributed by atoms with van der Waals surface area (Å²) in [6.07, 6.45) is 1.79. The zero-order valence-electron chi connectivity index (χ0n) is 11.0. The molecule has 1 aromatic carbocycles. The zero-order chi connectivity index (χ0) is 15.6. The minimum atomic E-state index is -4.19. The summed E-state index contributed by atoms with van der Waals surface area (Å²) in [7, 11) is -4.19. The summed E-state index contributed by atoms with van der Waals surface area (Å²) in [4.78, 5) is 10.6. The van der Waals surface area contributed by atoms with Gasteiger partial charge < -0.3 is 11.1 Å². The lowest BCUT2D eigenvalue weighted by molar-refractivity contribution is -0.121. The molecule has 0 heterocycles. The Balaban J connectivity index is 1.97. The van der Waals surface area contributed by atoms with Crippen molar-refractivity contribution in [2.45, 2.75) is 30.2 Å². The van der Waals surface area contributed by atoms with Crippen LogP contribution in [0.25, 0.3) is 0 Å². The summed E-state index contributed by atoms with van der Waals surface area (Å²) in [5.74, 6) is -2.55. The molecule has 9 heteroatoms. The second-order valence-corrected chi connectivity index (χ2v) is 6.53. The highest BCUT2D eigenvalue weighted by molar-refractivity contribution is 7.89. The van der Waals surface area contributed by atoms with Gasteiger partial charge in [-0.1, -0.05) is 0 Å². The molecular weight excluding hydrogens is 304 g/mol. The van der Waals surface area contributed by atoms with E-state index < -0.39 is 32.2 Å². The summed E-state index contributed by atoms with van der Waals surface area (Å²) < 4.78 is 52.3. The van der Waals surface area contributed by atoms with Crippen LogP contribution in [0.4, 0.5) is 14.5 Å². The fourth-order valence-electron chi connectivity index (χ4n) is 1.65. The highest BCUT2D eigenvalue weighted by Gasteiger charge is 2.24. The van der Waals surface area contributed by atoms with Crippen LogP contribution < -0.4 is 15.8 Å². The van der Waals surface area contributed by atoms with E-state index in [1.54, 1.807) is 0 Å². The van der Waals surface area contributed by atoms with Crippen LogP contribution in [0.5, 0.6) is 0 Å². The number of nitrogens with two attached hydrogens (primary N) is 1. The van der Waals surface area contributed by atoms with Crippen molar-refractivity contribution >= 4 is 21.6 Å². The fraction of sp³-hybridized carbons (Fsp3) is 0.417. The third-order valence-corrected chi connectivity index (χ3v) is 4.40. The van der Waals surface area contributed by atoms with Crippen molar-refractivity contribution in [1.29, 1.82) is 0 Å². The largest absolute Gasteiger partial charge is 0.396 e. The normalized spacial score (nSPS) is 15.0. The Bertz CT molecular complexity index is 660. The molecule has 1 aromatic rings. The second-order valence-electron chi connectivity index (χ2n) is 4.79. The minimum Gasteiger partial charge on any atom is -0.396 e. The Morgan fingerprint density at radius 3 is 2.57 bits per heavy atom. The van der Waals surface area contributed by atoms with Crippen LogP contribution in [-0.2, 0) is 14.8 Å². The number of hydrogen-bond donors (Lipinski definition) is 3. The molecule has 1 aliphatic carbocycles. The molecule has 116 valence electrons. The first-order valence-electron chi connectivity index (χ1n) is 6.33. The molecule has 0 saturated heterocycles. The Hall–Kier alpha value is -1.74. The molecule has 21 heavy (non-hydrogen) atoms. The molecule has 1 aliphatic rings. The molecule has 0 radical (unpaired) electrons. The van der Waals surface area contributed by atoms with Crippen LogP contribution in [-0.4, -0.2) is 26.9 Å². The lowest BCUT2D eigenvalue weighted by atomic mass is 10.3. The second kappa shape index (κ2) is 5.94. The quantitative estimate of drug-likeness (QED) is 0.664. The molecule has 0 atom stereocenters. The molecule has 1 amide bonds. The Labute approximate surface area is 120 Å². The van der Waals surface area contributed by atoms with Crippen molar-refractivity contribution in [2.24, 2.45) is 0 Å². The monoisotopic (exact) mass is 319 g/mol. The number of halogens is 2. The number of anilines is 1. The molecule has 1 fully saturated rings. The topological polar surface area (TPSA) is 101 Å². The lowest BCUT2D eigenvalue weighted by Gasteiger charge is -2.09. The minimum absolute atomic E-state index is 0.0615. The lowest BCUT2D eigenvalue weighted by Crippen LogP contribution is -2.32. The smallest absolute Gasteiger partial charge is 0.243 e. The average Bonchev–Trinajstić information content (AvgIpc) is 3.17. The summed E-state index contributed by atoms with van der Waals surface area (Å²) >= 11 is 0. The van der Waals surface area contributed by atoms with Crippen LogP contribution in [0.3, 0.4) is 0 Å². The van der Waals surface area contributed by atoms with Crippen molar-refractivity contribution in [1.82, 2.24) is 10.0 Å². The average molecular weight is 319 g/mol. The van der Waals surface area contributed by atoms with Crippen molar-refractivity contribution in [3.63, 3.8) is 0 Å². The first-order chi connectivity index (χ1) is 9.79. The zero-order valence-corrected chi connectivity index (χ0v) is 11.8. The van der Waals surface area contributed by atoms with Gasteiger partial charge in [0.05, 0.1) is 5.69 Å². The standard InChI is InChI=1S/C12H15F2N3O3S/c13-8-5-9(14)11(6-10(8)15)21(19,20)16-4-3-12(18)17-7-1-2-7/h5-7,16H,1-4,15H2,(H,17,18). The van der Waals surface area contributed by atoms with Crippen molar-refractivity contribution in [3.8, 4) is 0 Å². The Morgan fingerprint density at radius 1 is 1.29 bits per heavy atom. The van der Waals surface area contributed by atoms with E-state index >= 15 is 0 Å². The van der Waals surface area contributed by atoms with E-state index in [0.717, 1.165) is 12.8 Å². The number of benzene rings is 1. The molecule has 0 unspecified atom stereocenters. The summed E-state index contributed by atoms with van der Waals surface area (Å²) in [5, 5.41) is 2.69. The van der Waals surface area contributed by atoms with Gasteiger partial charge in [-0.3, -0.25) is 4.79 Å². The maximum absolute atomic E-state index is 13.5. The van der Waals surface area contributed by atoms with Gasteiger partial charge in [0.1, 0.15) is 16.5 Å². The molecule has 6 nitrogen and oxygen atoms in total. The van der Waals surface area contributed by atoms with Gasteiger partial charge in [-0.15, -0.1) is 0 Å². The highest BCUT2D eigenvalue weighted by Crippen LogP contribution is 2.21. The van der Waals surface area contributed by atoms with Gasteiger partial charge in [-0.05, 0) is 18.9 Å². The maximum Gasteiger partial charge on any atom is 0.243 e. The molecule has 0 spiro atoms. The van der Waals surface area contributed by atoms with Gasteiger partial charge in [0.15, 0.2) is 0 Å². The van der Waals surface area contributed by atoms with Gasteiger partial charge in [-0.25, -0.2) is 21.9 Å². The van der Waals surface area contributed by atoms with Gasteiger partial charge in [0.2, 0.25) is 15.9 Å². The molecule has 0 aromatic heterocycles. The number of nitrogen functional groups attached to an aromatic ring is 1. The SMILES string of the molecule is Nc1cc(S(=O)(=O)NCCC(=O)NC2CC2)c(F)cc1F. The van der Waals surface area contributed by atoms with Gasteiger partial charge >= 0.3 is 0 Å². The van der Waals surface area contributed by atoms with Crippen LogP contribution in [0.1, 0.15) is 19.3 Å². The van der Waals surface area contributed by atoms with Crippen LogP contribution >= 0.6 is 0 Å². The van der Waals surface area contributed by atoms with Crippen molar-refractivity contribution in [2.75, 3.05) is 12.3 Å². The van der Waals surface area contributed by atoms with Crippen molar-refractivity contribution in [3.05, 3.63) is 23.8 Å². The summed E-state index contributed by atoms with van der Waals surface area (Å²) in [5.41, 5.74) is 4.76. The van der Waals surface area contributed by atoms with Crippen LogP contribution in [0.15, 0.2) is 17.0 Å². The number of hydrogen-bond acceptors (Lipinski definition) is 4. The summed E-state index contributed by atoms with van der Waals surface area (Å²) in [6.45, 7) is -0.183. The van der Waals surface area contributed by atoms with E-state index in [1.165, 1.54) is 0 Å². The number of amides is 1. The van der Waals surface area contributed by atoms with E-state index in [2.05, 4.69) is 10.0 Å². The van der Waals surface area contributed by atoms with Gasteiger partial charge in [0, 0.05) is 25.1 Å². The van der Waals surface area contributed by atoms with Crippen LogP contribution in [0.2, 0.25) is 0 Å². The first kappa shape index (κ1) is 15.6. The number of rotatable bonds is 6. The number of carbonyl (C=O) groups is 1. The van der Waals surface area contributed by atoms with E-state index in [-0.39, 0.29) is 24.9 Å². The van der Waals surface area contributed by atoms with E-state index in [4.69, 9.17) is 5.73 Å². The molecule has 0 aliphatic heterocycles. The highest BCUT2D eigenvalue weighted by atomic mass is 32.2. The maximum atomic E-state index is 13.5. The fourth-order valence-corrected chi connectivity index (χ4v) is 2.78. The predicted octanol–water partition coefficient (Wildman–Crippen LogP) is 0.494. The number of carbonyl (C=O) groups excluding carboxylic acids is 1. The van der Waals surface area contributed by atoms with E-state index in [9.17, 15) is 22.0 Å². The van der Waals surface area contributed by atoms with Crippen LogP contribution in [0, 0.1) is 11.6 Å². The first-order valence-corrected chi connectivity index (χ1v) is 7.81. The number of nitrogens with one attached hydrogen (secondary N) is 2. The third-order valence-electron chi connectivity index (χ3n) is 2.93. The Morgan fingerprint density at radius 2 is 1.95 bits per heavy atom. The van der Waals surface area contributed by atoms with Gasteiger partial charge in [0.25, 0.3) is 0 Å². The third kappa shape index (κ3) is 4.11. The Kier molecular flexibility index (Phi) is 4.43. The molecule has 2 rings (SSSR count).